The van der Waals surface area contributed by atoms with E-state index in [1.807, 2.05) is 25.2 Å². The Morgan fingerprint density at radius 1 is 1.18 bits per heavy atom. The largest absolute Gasteiger partial charge is 0.459 e. The molecule has 2 aromatic rings. The van der Waals surface area contributed by atoms with Gasteiger partial charge in [0.05, 0.1) is 6.04 Å². The van der Waals surface area contributed by atoms with Gasteiger partial charge in [0.1, 0.15) is 11.5 Å². The fourth-order valence-corrected chi connectivity index (χ4v) is 3.40. The SMILES string of the molecule is CNC(c1cccc(OC(C)(C)F)c1)c1cc(C(C)CCC(C)=O)ccc1C. The molecule has 2 aromatic carbocycles. The van der Waals surface area contributed by atoms with Crippen molar-refractivity contribution in [3.8, 4) is 5.75 Å². The van der Waals surface area contributed by atoms with Crippen molar-refractivity contribution in [2.24, 2.45) is 0 Å². The molecule has 0 amide bonds. The molecule has 0 spiro atoms. The first-order valence-corrected chi connectivity index (χ1v) is 9.85. The monoisotopic (exact) mass is 385 g/mol. The first-order valence-electron chi connectivity index (χ1n) is 9.85. The van der Waals surface area contributed by atoms with Crippen LogP contribution in [0.5, 0.6) is 5.75 Å². The average Bonchev–Trinajstić information content (AvgIpc) is 2.60. The molecule has 0 aliphatic carbocycles. The summed E-state index contributed by atoms with van der Waals surface area (Å²) in [5.74, 6) is -0.688. The van der Waals surface area contributed by atoms with Crippen molar-refractivity contribution in [1.82, 2.24) is 5.32 Å². The zero-order chi connectivity index (χ0) is 20.9. The Bertz CT molecular complexity index is 810. The molecule has 0 saturated carbocycles. The van der Waals surface area contributed by atoms with Gasteiger partial charge in [-0.25, -0.2) is 0 Å². The topological polar surface area (TPSA) is 38.3 Å². The lowest BCUT2D eigenvalue weighted by Gasteiger charge is -2.23. The van der Waals surface area contributed by atoms with Crippen LogP contribution in [-0.2, 0) is 4.79 Å². The molecule has 0 radical (unpaired) electrons. The van der Waals surface area contributed by atoms with E-state index in [9.17, 15) is 9.18 Å². The second kappa shape index (κ2) is 9.33. The zero-order valence-electron chi connectivity index (χ0n) is 17.8. The van der Waals surface area contributed by atoms with Crippen molar-refractivity contribution in [3.63, 3.8) is 0 Å². The predicted octanol–water partition coefficient (Wildman–Crippen LogP) is 5.86. The molecule has 4 heteroatoms. The Kier molecular flexibility index (Phi) is 7.36. The number of aryl methyl sites for hydroxylation is 1. The molecular weight excluding hydrogens is 353 g/mol. The number of benzene rings is 2. The second-order valence-electron chi connectivity index (χ2n) is 8.02. The highest BCUT2D eigenvalue weighted by Gasteiger charge is 2.20. The van der Waals surface area contributed by atoms with Crippen LogP contribution >= 0.6 is 0 Å². The number of alkyl halides is 1. The summed E-state index contributed by atoms with van der Waals surface area (Å²) >= 11 is 0. The van der Waals surface area contributed by atoms with Gasteiger partial charge in [-0.3, -0.25) is 0 Å². The molecule has 3 nitrogen and oxygen atoms in total. The summed E-state index contributed by atoms with van der Waals surface area (Å²) in [5.41, 5.74) is 4.59. The highest BCUT2D eigenvalue weighted by molar-refractivity contribution is 5.75. The van der Waals surface area contributed by atoms with E-state index < -0.39 is 5.85 Å². The van der Waals surface area contributed by atoms with E-state index in [0.29, 0.717) is 18.1 Å². The van der Waals surface area contributed by atoms with Crippen molar-refractivity contribution in [2.45, 2.75) is 65.3 Å². The summed E-state index contributed by atoms with van der Waals surface area (Å²) in [7, 11) is 1.92. The zero-order valence-corrected chi connectivity index (χ0v) is 17.8. The number of ketones is 1. The quantitative estimate of drug-likeness (QED) is 0.587. The van der Waals surface area contributed by atoms with Crippen molar-refractivity contribution in [3.05, 3.63) is 64.7 Å². The highest BCUT2D eigenvalue weighted by atomic mass is 19.2. The Morgan fingerprint density at radius 3 is 2.50 bits per heavy atom. The fourth-order valence-electron chi connectivity index (χ4n) is 3.40. The summed E-state index contributed by atoms with van der Waals surface area (Å²) in [6.07, 6.45) is 1.44. The van der Waals surface area contributed by atoms with Crippen LogP contribution in [0, 0.1) is 6.92 Å². The minimum atomic E-state index is -1.73. The summed E-state index contributed by atoms with van der Waals surface area (Å²) in [6, 6.07) is 14.0. The lowest BCUT2D eigenvalue weighted by Crippen LogP contribution is -2.22. The molecule has 0 aliphatic heterocycles. The lowest BCUT2D eigenvalue weighted by molar-refractivity contribution is -0.117. The molecular formula is C24H32FNO2. The third-order valence-corrected chi connectivity index (χ3v) is 4.95. The molecule has 0 aliphatic rings. The van der Waals surface area contributed by atoms with Crippen LogP contribution in [0.4, 0.5) is 4.39 Å². The third-order valence-electron chi connectivity index (χ3n) is 4.95. The molecule has 152 valence electrons. The second-order valence-corrected chi connectivity index (χ2v) is 8.02. The van der Waals surface area contributed by atoms with Crippen molar-refractivity contribution in [2.75, 3.05) is 7.05 Å². The van der Waals surface area contributed by atoms with E-state index >= 15 is 0 Å². The van der Waals surface area contributed by atoms with Crippen LogP contribution < -0.4 is 10.1 Å². The maximum Gasteiger partial charge on any atom is 0.242 e. The van der Waals surface area contributed by atoms with E-state index in [-0.39, 0.29) is 11.8 Å². The van der Waals surface area contributed by atoms with Gasteiger partial charge in [-0.05, 0) is 67.6 Å². The molecule has 0 heterocycles. The van der Waals surface area contributed by atoms with E-state index in [1.54, 1.807) is 13.0 Å². The fraction of sp³-hybridized carbons (Fsp3) is 0.458. The number of nitrogens with one attached hydrogen (secondary N) is 1. The molecule has 0 saturated heterocycles. The molecule has 2 atom stereocenters. The standard InChI is InChI=1S/C24H32FNO2/c1-16(10-12-18(3)27)19-13-11-17(2)22(15-19)23(26-6)20-8-7-9-21(14-20)28-24(4,5)25/h7-9,11,13-16,23,26H,10,12H2,1-6H3. The number of carbonyl (C=O) groups excluding carboxylic acids is 1. The van der Waals surface area contributed by atoms with Gasteiger partial charge in [0.25, 0.3) is 0 Å². The maximum atomic E-state index is 13.9. The Morgan fingerprint density at radius 2 is 1.89 bits per heavy atom. The summed E-state index contributed by atoms with van der Waals surface area (Å²) < 4.78 is 19.3. The number of Topliss-reactive ketones (excluding diaryl/α,β-unsaturated/α-hetero) is 1. The normalized spacial score (nSPS) is 13.8. The number of rotatable bonds is 9. The Balaban J connectivity index is 2.34. The van der Waals surface area contributed by atoms with Crippen molar-refractivity contribution in [1.29, 1.82) is 0 Å². The average molecular weight is 386 g/mol. The summed E-state index contributed by atoms with van der Waals surface area (Å²) in [5, 5.41) is 3.38. The Labute approximate surface area is 168 Å². The summed E-state index contributed by atoms with van der Waals surface area (Å²) in [4.78, 5) is 11.3. The van der Waals surface area contributed by atoms with Crippen LogP contribution in [0.25, 0.3) is 0 Å². The first-order chi connectivity index (χ1) is 13.1. The number of hydrogen-bond acceptors (Lipinski definition) is 3. The molecule has 28 heavy (non-hydrogen) atoms. The van der Waals surface area contributed by atoms with Gasteiger partial charge in [-0.1, -0.05) is 37.3 Å². The van der Waals surface area contributed by atoms with Gasteiger partial charge in [-0.2, -0.15) is 4.39 Å². The maximum absolute atomic E-state index is 13.9. The lowest BCUT2D eigenvalue weighted by atomic mass is 9.88. The van der Waals surface area contributed by atoms with Gasteiger partial charge >= 0.3 is 0 Å². The third kappa shape index (κ3) is 6.16. The van der Waals surface area contributed by atoms with E-state index in [1.165, 1.54) is 30.5 Å². The van der Waals surface area contributed by atoms with E-state index in [4.69, 9.17) is 4.74 Å². The van der Waals surface area contributed by atoms with Gasteiger partial charge in [-0.15, -0.1) is 0 Å². The predicted molar refractivity (Wildman–Crippen MR) is 113 cm³/mol. The molecule has 0 aromatic heterocycles. The Hall–Kier alpha value is -2.20. The molecule has 2 rings (SSSR count). The van der Waals surface area contributed by atoms with Crippen molar-refractivity contribution >= 4 is 5.78 Å². The summed E-state index contributed by atoms with van der Waals surface area (Å²) in [6.45, 7) is 8.67. The number of halogens is 1. The van der Waals surface area contributed by atoms with Crippen LogP contribution in [-0.4, -0.2) is 18.7 Å². The molecule has 1 N–H and O–H groups in total. The first kappa shape index (κ1) is 22.1. The van der Waals surface area contributed by atoms with Crippen LogP contribution in [0.3, 0.4) is 0 Å². The number of hydrogen-bond donors (Lipinski definition) is 1. The van der Waals surface area contributed by atoms with E-state index in [0.717, 1.165) is 12.0 Å². The van der Waals surface area contributed by atoms with Gasteiger partial charge < -0.3 is 14.8 Å². The van der Waals surface area contributed by atoms with Gasteiger partial charge in [0, 0.05) is 20.3 Å². The number of carbonyl (C=O) groups is 1. The smallest absolute Gasteiger partial charge is 0.242 e. The van der Waals surface area contributed by atoms with Gasteiger partial charge in [0.15, 0.2) is 0 Å². The van der Waals surface area contributed by atoms with Crippen molar-refractivity contribution < 1.29 is 13.9 Å². The molecule has 0 fully saturated rings. The van der Waals surface area contributed by atoms with Crippen LogP contribution in [0.1, 0.15) is 74.8 Å². The minimum Gasteiger partial charge on any atom is -0.459 e. The van der Waals surface area contributed by atoms with E-state index in [2.05, 4.69) is 37.4 Å². The highest BCUT2D eigenvalue weighted by Crippen LogP contribution is 2.31. The van der Waals surface area contributed by atoms with Gasteiger partial charge in [0.2, 0.25) is 5.85 Å². The molecule has 2 unspecified atom stereocenters. The minimum absolute atomic E-state index is 0.0359. The molecule has 0 bridgehead atoms. The number of ether oxygens (including phenoxy) is 1. The van der Waals surface area contributed by atoms with Crippen LogP contribution in [0.15, 0.2) is 42.5 Å². The van der Waals surface area contributed by atoms with Crippen LogP contribution in [0.2, 0.25) is 0 Å².